The van der Waals surface area contributed by atoms with Crippen molar-refractivity contribution in [2.24, 2.45) is 11.3 Å². The summed E-state index contributed by atoms with van der Waals surface area (Å²) in [5.74, 6) is 0.697. The molecule has 6 aliphatic heterocycles. The van der Waals surface area contributed by atoms with Crippen LogP contribution in [0.5, 0.6) is 11.5 Å². The zero-order chi connectivity index (χ0) is 27.3. The fourth-order valence-electron chi connectivity index (χ4n) is 9.27. The maximum atomic E-state index is 14.2. The molecule has 7 aliphatic rings. The first-order chi connectivity index (χ1) is 17.7. The highest BCUT2D eigenvalue weighted by molar-refractivity contribution is 6.09. The standard InChI is InChI=1S/C29H34N4O5/c1-24(2)9-10-37-21-18(38-24)8-7-17-20(21)31-22(34)28(17)14-27-15-33-16(13-30)11-26(5,36)29(33,23(35)32(27)6)12-19(27)25(28,3)4/h7-10,16,19,36H,11-12,14-15H2,1-6H3,(H,31,34)/t16?,19-,26-,27-,28-,29+/m1/s1. The Hall–Kier alpha value is -3.09. The molecule has 3 spiro atoms. The van der Waals surface area contributed by atoms with E-state index in [1.165, 1.54) is 0 Å². The van der Waals surface area contributed by atoms with Crippen molar-refractivity contribution in [3.63, 3.8) is 0 Å². The lowest BCUT2D eigenvalue weighted by Crippen LogP contribution is -2.82. The van der Waals surface area contributed by atoms with Crippen molar-refractivity contribution >= 4 is 17.5 Å². The van der Waals surface area contributed by atoms with Crippen LogP contribution in [0, 0.1) is 22.7 Å². The van der Waals surface area contributed by atoms with Crippen molar-refractivity contribution in [3.8, 4) is 17.6 Å². The first-order valence-electron chi connectivity index (χ1n) is 13.4. The van der Waals surface area contributed by atoms with Crippen LogP contribution in [-0.2, 0) is 15.0 Å². The number of nitrogens with one attached hydrogen (secondary N) is 1. The third-order valence-corrected chi connectivity index (χ3v) is 11.2. The molecule has 0 aromatic heterocycles. The Morgan fingerprint density at radius 3 is 2.61 bits per heavy atom. The minimum absolute atomic E-state index is 0.0793. The highest BCUT2D eigenvalue weighted by Crippen LogP contribution is 2.73. The summed E-state index contributed by atoms with van der Waals surface area (Å²) in [6.07, 6.45) is 4.50. The molecule has 1 saturated carbocycles. The second-order valence-corrected chi connectivity index (χ2v) is 13.5. The Bertz CT molecular complexity index is 1410. The van der Waals surface area contributed by atoms with Gasteiger partial charge in [0, 0.05) is 20.0 Å². The summed E-state index contributed by atoms with van der Waals surface area (Å²) in [7, 11) is 1.81. The van der Waals surface area contributed by atoms with Gasteiger partial charge in [-0.25, -0.2) is 0 Å². The third kappa shape index (κ3) is 2.29. The van der Waals surface area contributed by atoms with Gasteiger partial charge in [0.15, 0.2) is 11.5 Å². The Balaban J connectivity index is 1.42. The number of nitrogens with zero attached hydrogens (tertiary/aromatic N) is 3. The fraction of sp³-hybridized carbons (Fsp3) is 0.621. The van der Waals surface area contributed by atoms with E-state index in [2.05, 4.69) is 25.2 Å². The first-order valence-corrected chi connectivity index (χ1v) is 13.4. The molecule has 4 saturated heterocycles. The Morgan fingerprint density at radius 1 is 1.16 bits per heavy atom. The number of aliphatic hydroxyl groups is 1. The average molecular weight is 519 g/mol. The number of likely N-dealkylation sites (N-methyl/N-ethyl adjacent to an activating group) is 1. The van der Waals surface area contributed by atoms with Gasteiger partial charge in [0.1, 0.15) is 17.2 Å². The molecule has 9 heteroatoms. The lowest BCUT2D eigenvalue weighted by atomic mass is 9.55. The number of piperidine rings is 2. The van der Waals surface area contributed by atoms with Gasteiger partial charge in [-0.1, -0.05) is 19.9 Å². The SMILES string of the molecule is CN1C(=O)[C@]23C[C@@H]4C(C)(C)[C@@]5(C[C@@]41CN2C(C#N)C[C@@]3(C)O)C(=O)Nc1c5ccc2c1OC=CC(C)(C)O2. The Labute approximate surface area is 222 Å². The molecule has 38 heavy (non-hydrogen) atoms. The normalized spacial score (nSPS) is 42.9. The van der Waals surface area contributed by atoms with Crippen molar-refractivity contribution < 1.29 is 24.2 Å². The van der Waals surface area contributed by atoms with Crippen LogP contribution in [0.4, 0.5) is 5.69 Å². The van der Waals surface area contributed by atoms with E-state index >= 15 is 0 Å². The van der Waals surface area contributed by atoms with Gasteiger partial charge in [0.25, 0.3) is 0 Å². The second-order valence-electron chi connectivity index (χ2n) is 13.5. The van der Waals surface area contributed by atoms with Crippen molar-refractivity contribution in [1.29, 1.82) is 5.26 Å². The maximum Gasteiger partial charge on any atom is 0.246 e. The third-order valence-electron chi connectivity index (χ3n) is 11.2. The van der Waals surface area contributed by atoms with Crippen molar-refractivity contribution in [2.45, 2.75) is 87.6 Å². The molecule has 1 aromatic rings. The Kier molecular flexibility index (Phi) is 4.13. The quantitative estimate of drug-likeness (QED) is 0.543. The van der Waals surface area contributed by atoms with Crippen LogP contribution in [0.15, 0.2) is 24.5 Å². The van der Waals surface area contributed by atoms with E-state index in [1.54, 1.807) is 13.2 Å². The van der Waals surface area contributed by atoms with Crippen molar-refractivity contribution in [3.05, 3.63) is 30.0 Å². The van der Waals surface area contributed by atoms with E-state index in [9.17, 15) is 20.0 Å². The number of nitriles is 1. The molecule has 1 aromatic carbocycles. The van der Waals surface area contributed by atoms with Gasteiger partial charge >= 0.3 is 0 Å². The number of benzene rings is 1. The van der Waals surface area contributed by atoms with Crippen LogP contribution in [0.2, 0.25) is 0 Å². The van der Waals surface area contributed by atoms with E-state index in [-0.39, 0.29) is 24.2 Å². The lowest BCUT2D eigenvalue weighted by molar-refractivity contribution is -0.207. The summed E-state index contributed by atoms with van der Waals surface area (Å²) in [5.41, 5.74) is -3.83. The van der Waals surface area contributed by atoms with Gasteiger partial charge < -0.3 is 24.8 Å². The number of hydrogen-bond acceptors (Lipinski definition) is 7. The molecule has 5 fully saturated rings. The maximum absolute atomic E-state index is 14.2. The predicted octanol–water partition coefficient (Wildman–Crippen LogP) is 2.69. The molecule has 2 N–H and O–H groups in total. The molecule has 200 valence electrons. The molecule has 1 aliphatic carbocycles. The smallest absolute Gasteiger partial charge is 0.246 e. The highest BCUT2D eigenvalue weighted by Gasteiger charge is 2.83. The van der Waals surface area contributed by atoms with Gasteiger partial charge in [-0.3, -0.25) is 14.5 Å². The highest BCUT2D eigenvalue weighted by atomic mass is 16.5. The average Bonchev–Trinajstić information content (AvgIpc) is 3.27. The summed E-state index contributed by atoms with van der Waals surface area (Å²) in [6.45, 7) is 10.3. The summed E-state index contributed by atoms with van der Waals surface area (Å²) in [4.78, 5) is 32.1. The predicted molar refractivity (Wildman–Crippen MR) is 137 cm³/mol. The van der Waals surface area contributed by atoms with Crippen molar-refractivity contribution in [1.82, 2.24) is 9.80 Å². The molecule has 0 radical (unpaired) electrons. The molecule has 2 amide bonds. The minimum Gasteiger partial charge on any atom is -0.480 e. The lowest BCUT2D eigenvalue weighted by Gasteiger charge is -2.66. The largest absolute Gasteiger partial charge is 0.480 e. The summed E-state index contributed by atoms with van der Waals surface area (Å²) < 4.78 is 12.2. The summed E-state index contributed by atoms with van der Waals surface area (Å²) >= 11 is 0. The first kappa shape index (κ1) is 24.0. The molecule has 2 bridgehead atoms. The number of fused-ring (bicyclic) bond motifs is 5. The number of carbonyl (C=O) groups is 2. The monoisotopic (exact) mass is 518 g/mol. The van der Waals surface area contributed by atoms with E-state index in [4.69, 9.17) is 9.47 Å². The number of carbonyl (C=O) groups excluding carboxylic acids is 2. The fourth-order valence-corrected chi connectivity index (χ4v) is 9.27. The number of anilines is 1. The summed E-state index contributed by atoms with van der Waals surface area (Å²) in [5, 5.41) is 24.8. The van der Waals surface area contributed by atoms with E-state index < -0.39 is 39.2 Å². The molecule has 6 atom stereocenters. The van der Waals surface area contributed by atoms with Crippen LogP contribution in [0.3, 0.4) is 0 Å². The van der Waals surface area contributed by atoms with Gasteiger partial charge in [-0.05, 0) is 62.7 Å². The van der Waals surface area contributed by atoms with Crippen LogP contribution in [-0.4, -0.2) is 68.6 Å². The zero-order valence-electron chi connectivity index (χ0n) is 22.7. The van der Waals surface area contributed by atoms with Crippen molar-refractivity contribution in [2.75, 3.05) is 18.9 Å². The number of ether oxygens (including phenoxy) is 2. The molecule has 9 nitrogen and oxygen atoms in total. The minimum atomic E-state index is -1.35. The molecule has 1 unspecified atom stereocenters. The number of hydrogen-bond donors (Lipinski definition) is 2. The van der Waals surface area contributed by atoms with E-state index in [0.29, 0.717) is 36.6 Å². The number of piperazine rings is 1. The molecule has 6 heterocycles. The van der Waals surface area contributed by atoms with Gasteiger partial charge in [-0.15, -0.1) is 0 Å². The molecular formula is C29H34N4O5. The van der Waals surface area contributed by atoms with E-state index in [0.717, 1.165) is 5.56 Å². The Morgan fingerprint density at radius 2 is 1.89 bits per heavy atom. The zero-order valence-corrected chi connectivity index (χ0v) is 22.7. The topological polar surface area (TPSA) is 115 Å². The number of amides is 2. The van der Waals surface area contributed by atoms with Gasteiger partial charge in [0.05, 0.1) is 34.6 Å². The van der Waals surface area contributed by atoms with Crippen LogP contribution in [0.1, 0.15) is 59.4 Å². The van der Waals surface area contributed by atoms with Crippen LogP contribution >= 0.6 is 0 Å². The van der Waals surface area contributed by atoms with Crippen LogP contribution < -0.4 is 14.8 Å². The van der Waals surface area contributed by atoms with Gasteiger partial charge in [-0.2, -0.15) is 5.26 Å². The molecular weight excluding hydrogens is 484 g/mol. The summed E-state index contributed by atoms with van der Waals surface area (Å²) in [6, 6.07) is 5.63. The molecule has 8 rings (SSSR count). The number of rotatable bonds is 0. The van der Waals surface area contributed by atoms with E-state index in [1.807, 2.05) is 48.9 Å². The van der Waals surface area contributed by atoms with Crippen LogP contribution in [0.25, 0.3) is 0 Å². The van der Waals surface area contributed by atoms with Gasteiger partial charge in [0.2, 0.25) is 11.8 Å². The second kappa shape index (κ2) is 6.54.